The van der Waals surface area contributed by atoms with Gasteiger partial charge in [-0.3, -0.25) is 0 Å². The SMILES string of the molecule is CNc1nc(NCC(F)(F)F)c2[nH]cnc2n1. The molecular weight excluding hydrogens is 237 g/mol. The zero-order valence-electron chi connectivity index (χ0n) is 8.76. The highest BCUT2D eigenvalue weighted by Gasteiger charge is 2.27. The van der Waals surface area contributed by atoms with E-state index in [-0.39, 0.29) is 11.8 Å². The lowest BCUT2D eigenvalue weighted by molar-refractivity contribution is -0.115. The highest BCUT2D eigenvalue weighted by molar-refractivity contribution is 5.83. The molecule has 0 aliphatic carbocycles. The van der Waals surface area contributed by atoms with Gasteiger partial charge in [-0.1, -0.05) is 0 Å². The Labute approximate surface area is 93.7 Å². The Balaban J connectivity index is 2.34. The quantitative estimate of drug-likeness (QED) is 0.762. The van der Waals surface area contributed by atoms with Crippen molar-refractivity contribution in [3.05, 3.63) is 6.33 Å². The van der Waals surface area contributed by atoms with Crippen LogP contribution < -0.4 is 10.6 Å². The van der Waals surface area contributed by atoms with Crippen LogP contribution in [0.15, 0.2) is 6.33 Å². The van der Waals surface area contributed by atoms with Crippen molar-refractivity contribution in [1.29, 1.82) is 0 Å². The standard InChI is InChI=1S/C8H9F3N6/c1-12-7-16-5(13-2-8(9,10)11)4-6(17-7)15-3-14-4/h3H,2H2,1H3,(H3,12,13,14,15,16,17). The number of hydrogen-bond acceptors (Lipinski definition) is 5. The smallest absolute Gasteiger partial charge is 0.359 e. The molecule has 9 heteroatoms. The van der Waals surface area contributed by atoms with Crippen LogP contribution >= 0.6 is 0 Å². The van der Waals surface area contributed by atoms with Gasteiger partial charge in [-0.15, -0.1) is 0 Å². The molecule has 0 bridgehead atoms. The molecule has 2 heterocycles. The van der Waals surface area contributed by atoms with E-state index in [9.17, 15) is 13.2 Å². The van der Waals surface area contributed by atoms with E-state index in [2.05, 4.69) is 30.6 Å². The normalized spacial score (nSPS) is 11.8. The molecule has 0 radical (unpaired) electrons. The van der Waals surface area contributed by atoms with Gasteiger partial charge in [0.15, 0.2) is 11.5 Å². The second kappa shape index (κ2) is 4.07. The molecule has 6 nitrogen and oxygen atoms in total. The number of nitrogens with zero attached hydrogens (tertiary/aromatic N) is 3. The van der Waals surface area contributed by atoms with Gasteiger partial charge in [0, 0.05) is 7.05 Å². The van der Waals surface area contributed by atoms with Gasteiger partial charge in [0.05, 0.1) is 6.33 Å². The Morgan fingerprint density at radius 3 is 2.76 bits per heavy atom. The van der Waals surface area contributed by atoms with Crippen molar-refractivity contribution in [3.8, 4) is 0 Å². The summed E-state index contributed by atoms with van der Waals surface area (Å²) in [7, 11) is 1.57. The summed E-state index contributed by atoms with van der Waals surface area (Å²) < 4.78 is 36.3. The summed E-state index contributed by atoms with van der Waals surface area (Å²) in [5.74, 6) is 0.267. The number of halogens is 3. The fourth-order valence-electron chi connectivity index (χ4n) is 1.26. The fourth-order valence-corrected chi connectivity index (χ4v) is 1.26. The van der Waals surface area contributed by atoms with Gasteiger partial charge >= 0.3 is 6.18 Å². The van der Waals surface area contributed by atoms with Gasteiger partial charge < -0.3 is 15.6 Å². The molecule has 0 aliphatic rings. The highest BCUT2D eigenvalue weighted by atomic mass is 19.4. The molecular formula is C8H9F3N6. The summed E-state index contributed by atoms with van der Waals surface area (Å²) in [5.41, 5.74) is 0.641. The van der Waals surface area contributed by atoms with Gasteiger partial charge in [0.1, 0.15) is 12.1 Å². The zero-order valence-corrected chi connectivity index (χ0v) is 8.76. The third-order valence-electron chi connectivity index (χ3n) is 1.97. The van der Waals surface area contributed by atoms with Crippen LogP contribution in [0.2, 0.25) is 0 Å². The van der Waals surface area contributed by atoms with Crippen LogP contribution in [0, 0.1) is 0 Å². The second-order valence-electron chi connectivity index (χ2n) is 3.22. The van der Waals surface area contributed by atoms with Gasteiger partial charge in [-0.05, 0) is 0 Å². The largest absolute Gasteiger partial charge is 0.405 e. The molecule has 0 saturated heterocycles. The van der Waals surface area contributed by atoms with E-state index < -0.39 is 12.7 Å². The predicted molar refractivity (Wildman–Crippen MR) is 55.8 cm³/mol. The number of rotatable bonds is 3. The fraction of sp³-hybridized carbons (Fsp3) is 0.375. The monoisotopic (exact) mass is 246 g/mol. The molecule has 3 N–H and O–H groups in total. The number of H-pyrrole nitrogens is 1. The van der Waals surface area contributed by atoms with Crippen molar-refractivity contribution in [1.82, 2.24) is 19.9 Å². The minimum atomic E-state index is -4.31. The molecule has 0 amide bonds. The number of aromatic nitrogens is 4. The van der Waals surface area contributed by atoms with Crippen LogP contribution in [0.25, 0.3) is 11.2 Å². The third-order valence-corrected chi connectivity index (χ3v) is 1.97. The van der Waals surface area contributed by atoms with Crippen LogP contribution in [-0.4, -0.2) is 39.7 Å². The van der Waals surface area contributed by atoms with Crippen molar-refractivity contribution >= 4 is 22.9 Å². The molecule has 0 unspecified atom stereocenters. The molecule has 0 saturated carbocycles. The lowest BCUT2D eigenvalue weighted by Gasteiger charge is -2.10. The van der Waals surface area contributed by atoms with E-state index in [1.807, 2.05) is 0 Å². The second-order valence-corrected chi connectivity index (χ2v) is 3.22. The third kappa shape index (κ3) is 2.55. The number of fused-ring (bicyclic) bond motifs is 1. The number of nitrogens with one attached hydrogen (secondary N) is 3. The van der Waals surface area contributed by atoms with Crippen LogP contribution in [0.1, 0.15) is 0 Å². The van der Waals surface area contributed by atoms with Crippen LogP contribution in [-0.2, 0) is 0 Å². The summed E-state index contributed by atoms with van der Waals surface area (Å²) in [6.45, 7) is -1.17. The molecule has 2 aromatic rings. The predicted octanol–water partition coefficient (Wildman–Crippen LogP) is 1.37. The van der Waals surface area contributed by atoms with Crippen molar-refractivity contribution in [2.24, 2.45) is 0 Å². The van der Waals surface area contributed by atoms with Crippen molar-refractivity contribution in [2.45, 2.75) is 6.18 Å². The summed E-state index contributed by atoms with van der Waals surface area (Å²) in [6.07, 6.45) is -2.96. The van der Waals surface area contributed by atoms with Crippen molar-refractivity contribution < 1.29 is 13.2 Å². The van der Waals surface area contributed by atoms with E-state index in [1.54, 1.807) is 7.05 Å². The number of hydrogen-bond donors (Lipinski definition) is 3. The Kier molecular flexibility index (Phi) is 2.74. The van der Waals surface area contributed by atoms with Crippen LogP contribution in [0.4, 0.5) is 24.9 Å². The van der Waals surface area contributed by atoms with Crippen molar-refractivity contribution in [2.75, 3.05) is 24.2 Å². The molecule has 0 spiro atoms. The maximum atomic E-state index is 12.1. The average molecular weight is 246 g/mol. The number of aromatic amines is 1. The Morgan fingerprint density at radius 1 is 1.35 bits per heavy atom. The maximum absolute atomic E-state index is 12.1. The van der Waals surface area contributed by atoms with Crippen LogP contribution in [0.5, 0.6) is 0 Å². The molecule has 0 aliphatic heterocycles. The van der Waals surface area contributed by atoms with Gasteiger partial charge in [-0.2, -0.15) is 23.1 Å². The molecule has 17 heavy (non-hydrogen) atoms. The lowest BCUT2D eigenvalue weighted by Crippen LogP contribution is -2.22. The molecule has 2 rings (SSSR count). The first-order valence-corrected chi connectivity index (χ1v) is 4.69. The summed E-state index contributed by atoms with van der Waals surface area (Å²) in [5, 5.41) is 4.85. The van der Waals surface area contributed by atoms with E-state index in [0.717, 1.165) is 0 Å². The maximum Gasteiger partial charge on any atom is 0.405 e. The Hall–Kier alpha value is -2.06. The Bertz CT molecular complexity index is 519. The zero-order chi connectivity index (χ0) is 12.5. The molecule has 92 valence electrons. The first-order chi connectivity index (χ1) is 7.99. The summed E-state index contributed by atoms with van der Waals surface area (Å²) in [4.78, 5) is 14.4. The first-order valence-electron chi connectivity index (χ1n) is 4.69. The molecule has 0 aromatic carbocycles. The first kappa shape index (κ1) is 11.4. The Morgan fingerprint density at radius 2 is 2.12 bits per heavy atom. The van der Waals surface area contributed by atoms with Crippen molar-refractivity contribution in [3.63, 3.8) is 0 Å². The van der Waals surface area contributed by atoms with E-state index >= 15 is 0 Å². The molecule has 0 fully saturated rings. The average Bonchev–Trinajstić information content (AvgIpc) is 2.72. The molecule has 2 aromatic heterocycles. The van der Waals surface area contributed by atoms with Gasteiger partial charge in [0.2, 0.25) is 5.95 Å². The lowest BCUT2D eigenvalue weighted by atomic mass is 10.4. The van der Waals surface area contributed by atoms with Gasteiger partial charge in [0.25, 0.3) is 0 Å². The van der Waals surface area contributed by atoms with E-state index in [0.29, 0.717) is 11.2 Å². The van der Waals surface area contributed by atoms with E-state index in [1.165, 1.54) is 6.33 Å². The van der Waals surface area contributed by atoms with Gasteiger partial charge in [-0.25, -0.2) is 4.98 Å². The number of alkyl halides is 3. The minimum absolute atomic E-state index is 0.0641. The van der Waals surface area contributed by atoms with Crippen LogP contribution in [0.3, 0.4) is 0 Å². The molecule has 0 atom stereocenters. The number of imidazole rings is 1. The highest BCUT2D eigenvalue weighted by Crippen LogP contribution is 2.21. The summed E-state index contributed by atoms with van der Waals surface area (Å²) in [6, 6.07) is 0. The topological polar surface area (TPSA) is 78.5 Å². The van der Waals surface area contributed by atoms with E-state index in [4.69, 9.17) is 0 Å². The number of anilines is 2. The summed E-state index contributed by atoms with van der Waals surface area (Å²) >= 11 is 0. The minimum Gasteiger partial charge on any atom is -0.359 e.